The van der Waals surface area contributed by atoms with Gasteiger partial charge in [-0.2, -0.15) is 0 Å². The van der Waals surface area contributed by atoms with Crippen LogP contribution >= 0.6 is 0 Å². The fourth-order valence-electron chi connectivity index (χ4n) is 6.92. The lowest BCUT2D eigenvalue weighted by Gasteiger charge is -2.22. The van der Waals surface area contributed by atoms with Crippen LogP contribution in [0, 0.1) is 6.92 Å². The summed E-state index contributed by atoms with van der Waals surface area (Å²) in [5.74, 6) is 1.17. The Morgan fingerprint density at radius 3 is 1.55 bits per heavy atom. The maximum atomic E-state index is 4.99. The van der Waals surface area contributed by atoms with Gasteiger partial charge in [-0.25, -0.2) is 9.98 Å². The van der Waals surface area contributed by atoms with Crippen LogP contribution < -0.4 is 0 Å². The zero-order valence-electron chi connectivity index (χ0n) is 30.6. The second-order valence-corrected chi connectivity index (χ2v) is 13.8. The van der Waals surface area contributed by atoms with Crippen molar-refractivity contribution in [2.24, 2.45) is 15.0 Å². The summed E-state index contributed by atoms with van der Waals surface area (Å²) in [6.45, 7) is 11.1. The van der Waals surface area contributed by atoms with Gasteiger partial charge >= 0.3 is 0 Å². The molecule has 1 aliphatic carbocycles. The molecule has 0 saturated heterocycles. The van der Waals surface area contributed by atoms with Crippen LogP contribution in [0.25, 0.3) is 33.4 Å². The number of benzene rings is 7. The molecule has 0 atom stereocenters. The van der Waals surface area contributed by atoms with Gasteiger partial charge in [0.1, 0.15) is 0 Å². The highest BCUT2D eigenvalue weighted by Gasteiger charge is 2.35. The molecule has 0 aliphatic heterocycles. The molecular formula is C50H43N3. The molecule has 0 unspecified atom stereocenters. The summed E-state index contributed by atoms with van der Waals surface area (Å²) in [5.41, 5.74) is 14.2. The minimum atomic E-state index is -0.129. The lowest BCUT2D eigenvalue weighted by Crippen LogP contribution is -2.15. The van der Waals surface area contributed by atoms with Gasteiger partial charge in [-0.15, -0.1) is 0 Å². The Kier molecular flexibility index (Phi) is 10.5. The van der Waals surface area contributed by atoms with Crippen molar-refractivity contribution in [2.45, 2.75) is 32.7 Å². The van der Waals surface area contributed by atoms with E-state index in [4.69, 9.17) is 9.98 Å². The first-order valence-electron chi connectivity index (χ1n) is 18.1. The molecule has 0 amide bonds. The lowest BCUT2D eigenvalue weighted by atomic mass is 9.81. The molecule has 7 aromatic carbocycles. The topological polar surface area (TPSA) is 37.1 Å². The molecule has 0 saturated carbocycles. The molecule has 8 rings (SSSR count). The van der Waals surface area contributed by atoms with E-state index in [1.54, 1.807) is 0 Å². The summed E-state index contributed by atoms with van der Waals surface area (Å²) in [7, 11) is 0. The molecule has 0 N–H and O–H groups in total. The first kappa shape index (κ1) is 35.0. The lowest BCUT2D eigenvalue weighted by molar-refractivity contribution is 0.661. The van der Waals surface area contributed by atoms with Gasteiger partial charge in [0, 0.05) is 16.5 Å². The molecule has 1 aliphatic rings. The van der Waals surface area contributed by atoms with Gasteiger partial charge in [-0.1, -0.05) is 183 Å². The average Bonchev–Trinajstić information content (AvgIpc) is 3.44. The van der Waals surface area contributed by atoms with E-state index in [0.29, 0.717) is 18.2 Å². The van der Waals surface area contributed by atoms with Gasteiger partial charge in [-0.3, -0.25) is 4.99 Å². The van der Waals surface area contributed by atoms with Gasteiger partial charge in [0.2, 0.25) is 0 Å². The summed E-state index contributed by atoms with van der Waals surface area (Å²) in [6.07, 6.45) is 0. The molecule has 258 valence electrons. The van der Waals surface area contributed by atoms with Crippen LogP contribution in [0.15, 0.2) is 197 Å². The highest BCUT2D eigenvalue weighted by Crippen LogP contribution is 2.50. The normalized spacial score (nSPS) is 13.0. The number of hydrogen-bond donors (Lipinski definition) is 0. The first-order chi connectivity index (χ1) is 25.9. The van der Waals surface area contributed by atoms with E-state index in [1.165, 1.54) is 44.5 Å². The van der Waals surface area contributed by atoms with Crippen molar-refractivity contribution in [1.82, 2.24) is 0 Å². The van der Waals surface area contributed by atoms with Crippen molar-refractivity contribution in [3.63, 3.8) is 0 Å². The fraction of sp³-hybridized carbons (Fsp3) is 0.100. The van der Waals surface area contributed by atoms with E-state index in [9.17, 15) is 0 Å². The van der Waals surface area contributed by atoms with Crippen molar-refractivity contribution in [1.29, 1.82) is 0 Å². The van der Waals surface area contributed by atoms with Crippen LogP contribution in [0.2, 0.25) is 0 Å². The van der Waals surface area contributed by atoms with E-state index in [-0.39, 0.29) is 5.41 Å². The van der Waals surface area contributed by atoms with Crippen molar-refractivity contribution in [2.75, 3.05) is 0 Å². The number of amidine groups is 2. The smallest absolute Gasteiger partial charge is 0.161 e. The molecule has 0 fully saturated rings. The predicted molar refractivity (Wildman–Crippen MR) is 225 cm³/mol. The minimum Gasteiger partial charge on any atom is -0.261 e. The monoisotopic (exact) mass is 685 g/mol. The Bertz CT molecular complexity index is 2390. The summed E-state index contributed by atoms with van der Waals surface area (Å²) < 4.78 is 0. The third-order valence-corrected chi connectivity index (χ3v) is 9.83. The SMILES string of the molecule is C=NC(=NC(=NCc1ccccc1)c1cccc(-c2ccc3c(c2)C(C)(C)c2cc(-c4ccccc4)ccc2-3)c1)c1ccccc1.Cc1ccccc1. The number of aryl methyl sites for hydroxylation is 1. The highest BCUT2D eigenvalue weighted by atomic mass is 15.0. The maximum absolute atomic E-state index is 4.99. The Labute approximate surface area is 313 Å². The van der Waals surface area contributed by atoms with Crippen LogP contribution in [-0.2, 0) is 12.0 Å². The van der Waals surface area contributed by atoms with Gasteiger partial charge in [0.25, 0.3) is 0 Å². The molecule has 3 heteroatoms. The van der Waals surface area contributed by atoms with Crippen molar-refractivity contribution >= 4 is 18.4 Å². The number of fused-ring (bicyclic) bond motifs is 3. The largest absolute Gasteiger partial charge is 0.261 e. The molecular weight excluding hydrogens is 643 g/mol. The zero-order chi connectivity index (χ0) is 36.6. The van der Waals surface area contributed by atoms with Crippen LogP contribution in [0.4, 0.5) is 0 Å². The molecule has 0 bridgehead atoms. The van der Waals surface area contributed by atoms with Gasteiger partial charge in [0.15, 0.2) is 11.7 Å². The van der Waals surface area contributed by atoms with Crippen molar-refractivity contribution < 1.29 is 0 Å². The predicted octanol–water partition coefficient (Wildman–Crippen LogP) is 12.4. The average molecular weight is 686 g/mol. The van der Waals surface area contributed by atoms with Crippen LogP contribution in [-0.4, -0.2) is 18.4 Å². The zero-order valence-corrected chi connectivity index (χ0v) is 30.6. The Hall–Kier alpha value is -6.45. The molecule has 53 heavy (non-hydrogen) atoms. The summed E-state index contributed by atoms with van der Waals surface area (Å²) >= 11 is 0. The van der Waals surface area contributed by atoms with E-state index in [0.717, 1.165) is 22.3 Å². The number of hydrogen-bond acceptors (Lipinski definition) is 1. The molecule has 0 heterocycles. The molecule has 7 aromatic rings. The Balaban J connectivity index is 0.000000559. The number of nitrogens with zero attached hydrogens (tertiary/aromatic N) is 3. The van der Waals surface area contributed by atoms with E-state index in [2.05, 4.69) is 148 Å². The molecule has 0 spiro atoms. The number of rotatable bonds is 6. The summed E-state index contributed by atoms with van der Waals surface area (Å²) in [6, 6.07) is 63.3. The second kappa shape index (κ2) is 15.8. The third kappa shape index (κ3) is 7.90. The van der Waals surface area contributed by atoms with Crippen LogP contribution in [0.5, 0.6) is 0 Å². The van der Waals surface area contributed by atoms with Gasteiger partial charge < -0.3 is 0 Å². The standard InChI is InChI=1S/C43H35N3.C7H8/c1-43(2)39-27-34(31-16-9-5-10-17-31)22-24-37(39)38-25-23-35(28-40(38)43)33-20-13-21-36(26-33)42(45-29-30-14-7-4-8-15-30)46-41(44-3)32-18-11-6-12-19-32;1-7-5-3-2-4-6-7/h4-28H,3,29H2,1-2H3;2-6H,1H3. The van der Waals surface area contributed by atoms with E-state index in [1.807, 2.05) is 66.7 Å². The third-order valence-electron chi connectivity index (χ3n) is 9.83. The highest BCUT2D eigenvalue weighted by molar-refractivity contribution is 6.13. The summed E-state index contributed by atoms with van der Waals surface area (Å²) in [4.78, 5) is 14.2. The van der Waals surface area contributed by atoms with Gasteiger partial charge in [-0.05, 0) is 81.9 Å². The molecule has 0 aromatic heterocycles. The van der Waals surface area contributed by atoms with Crippen LogP contribution in [0.3, 0.4) is 0 Å². The van der Waals surface area contributed by atoms with Crippen molar-refractivity contribution in [3.8, 4) is 33.4 Å². The van der Waals surface area contributed by atoms with E-state index < -0.39 is 0 Å². The summed E-state index contributed by atoms with van der Waals surface area (Å²) in [5, 5.41) is 0. The Morgan fingerprint density at radius 2 is 0.981 bits per heavy atom. The Morgan fingerprint density at radius 1 is 0.491 bits per heavy atom. The number of aliphatic imine (C=N–C) groups is 3. The quantitative estimate of drug-likeness (QED) is 0.123. The fourth-order valence-corrected chi connectivity index (χ4v) is 6.92. The minimum absolute atomic E-state index is 0.129. The second-order valence-electron chi connectivity index (χ2n) is 13.8. The maximum Gasteiger partial charge on any atom is 0.161 e. The van der Waals surface area contributed by atoms with Crippen molar-refractivity contribution in [3.05, 3.63) is 215 Å². The molecule has 0 radical (unpaired) electrons. The van der Waals surface area contributed by atoms with Gasteiger partial charge in [0.05, 0.1) is 6.54 Å². The van der Waals surface area contributed by atoms with Crippen LogP contribution in [0.1, 0.15) is 47.2 Å². The molecule has 3 nitrogen and oxygen atoms in total. The van der Waals surface area contributed by atoms with E-state index >= 15 is 0 Å². The first-order valence-corrected chi connectivity index (χ1v) is 18.1.